The Balaban J connectivity index is 3.60. The molecule has 0 amide bonds. The second-order valence-electron chi connectivity index (χ2n) is 14.6. The molecule has 0 N–H and O–H groups in total. The van der Waals surface area contributed by atoms with Gasteiger partial charge in [-0.3, -0.25) is 0 Å². The van der Waals surface area contributed by atoms with Crippen LogP contribution in [0.4, 0.5) is 0 Å². The van der Waals surface area contributed by atoms with Crippen molar-refractivity contribution < 1.29 is 0 Å². The van der Waals surface area contributed by atoms with Crippen LogP contribution in [0.1, 0.15) is 141 Å². The summed E-state index contributed by atoms with van der Waals surface area (Å²) in [7, 11) is 0. The molecule has 182 valence electrons. The number of rotatable bonds is 29. The van der Waals surface area contributed by atoms with Crippen LogP contribution >= 0.6 is 0 Å². The van der Waals surface area contributed by atoms with Gasteiger partial charge in [0.05, 0.1) is 0 Å². The molecule has 0 aromatic carbocycles. The van der Waals surface area contributed by atoms with Crippen LogP contribution in [0.25, 0.3) is 0 Å². The van der Waals surface area contributed by atoms with E-state index < -0.39 is 0 Å². The molecule has 0 aromatic rings. The molecule has 8 heteroatoms. The van der Waals surface area contributed by atoms with Gasteiger partial charge < -0.3 is 0 Å². The molecule has 6 atom stereocenters. The molecule has 6 unspecified atom stereocenters. The van der Waals surface area contributed by atoms with Crippen molar-refractivity contribution in [2.24, 2.45) is 0 Å². The fraction of sp³-hybridized carbons (Fsp3) is 1.00. The van der Waals surface area contributed by atoms with Gasteiger partial charge in [0.25, 0.3) is 0 Å². The third-order valence-corrected chi connectivity index (χ3v) is 9.73. The van der Waals surface area contributed by atoms with Gasteiger partial charge in [0, 0.05) is 0 Å². The summed E-state index contributed by atoms with van der Waals surface area (Å²) in [6.07, 6.45) is 32.1. The number of hydrogen-bond acceptors (Lipinski definition) is 0. The Bertz CT molecular complexity index is 481. The van der Waals surface area contributed by atoms with Crippen molar-refractivity contribution in [3.63, 3.8) is 0 Å². The van der Waals surface area contributed by atoms with Crippen molar-refractivity contribution >= 4 is 142 Å². The van der Waals surface area contributed by atoms with E-state index in [1.165, 1.54) is 151 Å². The molecule has 0 saturated carbocycles. The first-order valence-corrected chi connectivity index (χ1v) is 18.3. The predicted molar refractivity (Wildman–Crippen MR) is 180 cm³/mol. The topological polar surface area (TPSA) is 0 Å². The van der Waals surface area contributed by atoms with Crippen LogP contribution in [-0.2, 0) is 0 Å². The summed E-state index contributed by atoms with van der Waals surface area (Å²) >= 11 is 19.6. The summed E-state index contributed by atoms with van der Waals surface area (Å²) in [6.45, 7) is 0. The summed E-state index contributed by atoms with van der Waals surface area (Å²) in [4.78, 5) is 0. The molecule has 0 nitrogen and oxygen atoms in total. The van der Waals surface area contributed by atoms with Crippen LogP contribution in [0.3, 0.4) is 0 Å². The summed E-state index contributed by atoms with van der Waals surface area (Å²) in [5.41, 5.74) is 0. The Morgan fingerprint density at radius 2 is 0.579 bits per heavy atom. The van der Waals surface area contributed by atoms with E-state index in [1.807, 2.05) is 0 Å². The van der Waals surface area contributed by atoms with E-state index >= 15 is 0 Å². The van der Waals surface area contributed by atoms with Gasteiger partial charge in [0.1, 0.15) is 0 Å². The van der Waals surface area contributed by atoms with E-state index in [0.29, 0.717) is 0 Å². The maximum atomic E-state index is 2.52. The zero-order valence-corrected chi connectivity index (χ0v) is 28.4. The summed E-state index contributed by atoms with van der Waals surface area (Å²) in [5, 5.41) is 2.72. The van der Waals surface area contributed by atoms with Gasteiger partial charge >= 0.3 is 321 Å². The molecule has 0 aromatic heterocycles. The van der Waals surface area contributed by atoms with Crippen LogP contribution < -0.4 is 0 Å². The van der Waals surface area contributed by atoms with Crippen LogP contribution in [0.2, 0.25) is 37.7 Å². The fourth-order valence-corrected chi connectivity index (χ4v) is 6.73. The normalized spacial score (nSPS) is 16.9. The Kier molecular flexibility index (Phi) is 35.7. The van der Waals surface area contributed by atoms with Gasteiger partial charge in [0.2, 0.25) is 0 Å². The third-order valence-electron chi connectivity index (χ3n) is 9.73. The summed E-state index contributed by atoms with van der Waals surface area (Å²) < 4.78 is 5.57. The summed E-state index contributed by atoms with van der Waals surface area (Å²) in [5.74, 6) is 0. The van der Waals surface area contributed by atoms with Gasteiger partial charge in [-0.15, -0.1) is 0 Å². The van der Waals surface area contributed by atoms with Crippen molar-refractivity contribution in [1.29, 1.82) is 0 Å². The molecule has 0 fully saturated rings. The molecule has 0 bridgehead atoms. The predicted octanol–water partition coefficient (Wildman–Crippen LogP) is 8.48. The van der Waals surface area contributed by atoms with E-state index in [1.54, 1.807) is 0 Å². The quantitative estimate of drug-likeness (QED) is 0.0760. The maximum absolute atomic E-state index is 2.52. The zero-order valence-electron chi connectivity index (χ0n) is 28.4. The Morgan fingerprint density at radius 1 is 0.263 bits per heavy atom. The van der Waals surface area contributed by atoms with E-state index in [4.69, 9.17) is 0 Å². The molecular weight excluding hydrogens is 416 g/mol. The number of hydrogen-bond donors (Lipinski definition) is 0. The molecule has 38 heavy (non-hydrogen) atoms. The fourth-order valence-electron chi connectivity index (χ4n) is 6.73. The molecule has 0 rings (SSSR count). The summed E-state index contributed by atoms with van der Waals surface area (Å²) in [6, 6.07) is 0. The van der Waals surface area contributed by atoms with E-state index in [0.717, 1.165) is 27.5 Å². The monoisotopic (exact) mass is 471 g/mol. The van der Waals surface area contributed by atoms with Crippen LogP contribution in [0.5, 0.6) is 0 Å². The standard InChI is InChI=1S/C30H54.8Li/c1-3-5-7-9-11-13-15-17-19-21-23-25-27-29-30-28-26-24-22-20-18-16-14-12-10-8-6-4-2;;;;;;;;/h5,9,15,21-22,29H,1-4,6-8,10-14,16-20,23-28,30H2;;;;;;;;. The van der Waals surface area contributed by atoms with E-state index in [9.17, 15) is 0 Å². The van der Waals surface area contributed by atoms with Crippen molar-refractivity contribution in [3.05, 3.63) is 0 Å². The molecule has 0 spiro atoms. The molecule has 0 aliphatic rings. The van der Waals surface area contributed by atoms with Gasteiger partial charge in [-0.25, -0.2) is 0 Å². The Labute approximate surface area is 316 Å². The van der Waals surface area contributed by atoms with E-state index in [2.05, 4.69) is 142 Å². The Hall–Kier alpha value is 4.78. The van der Waals surface area contributed by atoms with Crippen LogP contribution in [0, 0.1) is 0 Å². The third kappa shape index (κ3) is 30.8. The van der Waals surface area contributed by atoms with Gasteiger partial charge in [-0.05, 0) is 0 Å². The molecule has 0 saturated heterocycles. The average Bonchev–Trinajstić information content (AvgIpc) is 2.88. The zero-order chi connectivity index (χ0) is 28.4. The second kappa shape index (κ2) is 31.7. The molecular formula is C30H54Li8. The first-order valence-electron chi connectivity index (χ1n) is 18.3. The Morgan fingerprint density at radius 3 is 1.05 bits per heavy atom. The van der Waals surface area contributed by atoms with Gasteiger partial charge in [-0.2, -0.15) is 0 Å². The van der Waals surface area contributed by atoms with Crippen molar-refractivity contribution in [1.82, 2.24) is 0 Å². The van der Waals surface area contributed by atoms with Crippen LogP contribution in [0.15, 0.2) is 0 Å². The first kappa shape index (κ1) is 42.8. The minimum absolute atomic E-state index is 0.917. The van der Waals surface area contributed by atoms with E-state index in [-0.39, 0.29) is 0 Å². The van der Waals surface area contributed by atoms with Gasteiger partial charge in [-0.1, -0.05) is 0 Å². The van der Waals surface area contributed by atoms with Crippen molar-refractivity contribution in [2.45, 2.75) is 179 Å². The van der Waals surface area contributed by atoms with Crippen molar-refractivity contribution in [2.75, 3.05) is 0 Å². The molecule has 0 aliphatic heterocycles. The molecule has 0 aliphatic carbocycles. The first-order chi connectivity index (χ1) is 18.3. The minimum atomic E-state index is 0.917. The average molecular weight is 470 g/mol. The second-order valence-corrected chi connectivity index (χ2v) is 14.6. The number of unbranched alkanes of at least 4 members (excludes halogenated alkanes) is 8. The SMILES string of the molecule is [Li][CH2]CCCCCCCCC[CH]([Li])CCCC[CH]([Li])CCC[CH]([Li])CC[CH]([Li])CC[CH]([Li])C[CH]([Li])C[CH2][Li]. The van der Waals surface area contributed by atoms with Crippen LogP contribution in [-0.4, -0.2) is 142 Å². The molecule has 0 heterocycles. The van der Waals surface area contributed by atoms with Crippen molar-refractivity contribution in [3.8, 4) is 0 Å². The molecule has 0 radical (unpaired) electrons. The van der Waals surface area contributed by atoms with Gasteiger partial charge in [0.15, 0.2) is 0 Å².